The summed E-state index contributed by atoms with van der Waals surface area (Å²) in [6, 6.07) is 3.20. The fourth-order valence-corrected chi connectivity index (χ4v) is 4.11. The quantitative estimate of drug-likeness (QED) is 0.282. The van der Waals surface area contributed by atoms with E-state index in [0.29, 0.717) is 11.2 Å². The molecule has 13 heteroatoms. The molecule has 1 aromatic carbocycles. The zero-order valence-electron chi connectivity index (χ0n) is 21.5. The molecule has 8 nitrogen and oxygen atoms in total. The van der Waals surface area contributed by atoms with Crippen molar-refractivity contribution in [3.05, 3.63) is 53.6 Å². The average molecular weight is 555 g/mol. The minimum Gasteiger partial charge on any atom is -0.493 e. The highest BCUT2D eigenvalue weighted by molar-refractivity contribution is 5.79. The number of fused-ring (bicyclic) bond motifs is 1. The van der Waals surface area contributed by atoms with Crippen LogP contribution in [0.15, 0.2) is 30.7 Å². The maximum absolute atomic E-state index is 13.7. The van der Waals surface area contributed by atoms with E-state index in [-0.39, 0.29) is 24.3 Å². The summed E-state index contributed by atoms with van der Waals surface area (Å²) in [4.78, 5) is 22.3. The van der Waals surface area contributed by atoms with Gasteiger partial charge in [-0.2, -0.15) is 17.6 Å². The summed E-state index contributed by atoms with van der Waals surface area (Å²) in [6.45, 7) is 2.11. The Hall–Kier alpha value is -3.76. The van der Waals surface area contributed by atoms with Gasteiger partial charge in [-0.25, -0.2) is 14.4 Å². The lowest BCUT2D eigenvalue weighted by Crippen LogP contribution is -2.46. The molecular formula is C26H27F5N4O4. The Bertz CT molecular complexity index is 1380. The Labute approximate surface area is 221 Å². The number of esters is 1. The SMILES string of the molecule is COC(=O)C(N)CC#Cc1nccc2[nH]cnc12.COc1c(C2CO[C@@](C)(C(F)(F)F)C2C)ccc(F)c1F. The monoisotopic (exact) mass is 554 g/mol. The number of ether oxygens (including phenoxy) is 3. The molecule has 0 amide bonds. The molecule has 3 N–H and O–H groups in total. The number of hydrogen-bond acceptors (Lipinski definition) is 7. The number of aromatic amines is 1. The summed E-state index contributed by atoms with van der Waals surface area (Å²) >= 11 is 0. The molecule has 1 saturated heterocycles. The van der Waals surface area contributed by atoms with Crippen molar-refractivity contribution in [3.63, 3.8) is 0 Å². The van der Waals surface area contributed by atoms with Crippen LogP contribution in [0.2, 0.25) is 0 Å². The smallest absolute Gasteiger partial charge is 0.417 e. The first-order valence-corrected chi connectivity index (χ1v) is 11.7. The van der Waals surface area contributed by atoms with E-state index in [9.17, 15) is 26.7 Å². The Balaban J connectivity index is 0.000000218. The molecule has 2 aromatic heterocycles. The van der Waals surface area contributed by atoms with Crippen LogP contribution in [0.1, 0.15) is 37.4 Å². The number of rotatable bonds is 4. The molecular weight excluding hydrogens is 527 g/mol. The number of halogens is 5. The van der Waals surface area contributed by atoms with E-state index in [1.54, 1.807) is 12.5 Å². The maximum atomic E-state index is 13.7. The van der Waals surface area contributed by atoms with Crippen LogP contribution in [0, 0.1) is 29.4 Å². The number of alkyl halides is 3. The third-order valence-corrected chi connectivity index (χ3v) is 6.65. The summed E-state index contributed by atoms with van der Waals surface area (Å²) in [5.74, 6) is 0.796. The standard InChI is InChI=1S/C14H15F5O2.C12H12N4O2/c1-7-9(6-21-13(7,2)14(17,18)19)8-4-5-10(15)11(16)12(8)20-3;1-18-12(17)8(13)3-2-4-9-11-10(5-6-14-9)15-7-16-11/h4-5,7,9H,6H2,1-3H3;5-8H,3,13H2,1H3,(H,15,16)/t7?,9?,13-;/m1./s1. The zero-order valence-corrected chi connectivity index (χ0v) is 21.5. The van der Waals surface area contributed by atoms with Gasteiger partial charge < -0.3 is 24.9 Å². The lowest BCUT2D eigenvalue weighted by molar-refractivity contribution is -0.266. The Morgan fingerprint density at radius 2 is 2.00 bits per heavy atom. The normalized spacial score (nSPS) is 21.4. The van der Waals surface area contributed by atoms with Crippen molar-refractivity contribution in [3.8, 4) is 17.6 Å². The molecule has 4 rings (SSSR count). The molecule has 0 spiro atoms. The van der Waals surface area contributed by atoms with Crippen molar-refractivity contribution in [2.75, 3.05) is 20.8 Å². The Morgan fingerprint density at radius 3 is 2.62 bits per heavy atom. The molecule has 1 aliphatic rings. The molecule has 39 heavy (non-hydrogen) atoms. The highest BCUT2D eigenvalue weighted by Gasteiger charge is 2.61. The number of benzene rings is 1. The summed E-state index contributed by atoms with van der Waals surface area (Å²) in [6.07, 6.45) is -1.11. The molecule has 3 aromatic rings. The number of carbonyl (C=O) groups excluding carboxylic acids is 1. The topological polar surface area (TPSA) is 112 Å². The average Bonchev–Trinajstić information content (AvgIpc) is 3.51. The van der Waals surface area contributed by atoms with E-state index in [0.717, 1.165) is 25.6 Å². The molecule has 4 atom stereocenters. The van der Waals surface area contributed by atoms with Gasteiger partial charge in [0.15, 0.2) is 17.2 Å². The molecule has 1 aliphatic heterocycles. The third kappa shape index (κ3) is 6.12. The van der Waals surface area contributed by atoms with Gasteiger partial charge in [0.25, 0.3) is 0 Å². The largest absolute Gasteiger partial charge is 0.493 e. The van der Waals surface area contributed by atoms with Crippen molar-refractivity contribution >= 4 is 17.0 Å². The fourth-order valence-electron chi connectivity index (χ4n) is 4.11. The minimum atomic E-state index is -4.55. The van der Waals surface area contributed by atoms with Gasteiger partial charge in [0.2, 0.25) is 5.82 Å². The Morgan fingerprint density at radius 1 is 1.28 bits per heavy atom. The van der Waals surface area contributed by atoms with E-state index >= 15 is 0 Å². The van der Waals surface area contributed by atoms with E-state index in [4.69, 9.17) is 15.2 Å². The van der Waals surface area contributed by atoms with E-state index in [2.05, 4.69) is 31.5 Å². The molecule has 210 valence electrons. The molecule has 1 fully saturated rings. The van der Waals surface area contributed by atoms with E-state index in [1.807, 2.05) is 6.07 Å². The lowest BCUT2D eigenvalue weighted by Gasteiger charge is -2.32. The number of imidazole rings is 1. The van der Waals surface area contributed by atoms with Crippen molar-refractivity contribution in [2.24, 2.45) is 11.7 Å². The molecule has 3 unspecified atom stereocenters. The number of methoxy groups -OCH3 is 2. The van der Waals surface area contributed by atoms with Crippen molar-refractivity contribution in [1.82, 2.24) is 15.0 Å². The number of carbonyl (C=O) groups is 1. The highest BCUT2D eigenvalue weighted by Crippen LogP contribution is 2.51. The van der Waals surface area contributed by atoms with Gasteiger partial charge in [-0.3, -0.25) is 4.79 Å². The van der Waals surface area contributed by atoms with Crippen LogP contribution >= 0.6 is 0 Å². The number of aromatic nitrogens is 3. The number of pyridine rings is 1. The summed E-state index contributed by atoms with van der Waals surface area (Å²) in [5.41, 5.74) is 5.55. The second-order valence-electron chi connectivity index (χ2n) is 8.89. The number of nitrogens with zero attached hydrogens (tertiary/aromatic N) is 2. The van der Waals surface area contributed by atoms with Gasteiger partial charge in [0, 0.05) is 30.0 Å². The second-order valence-corrected chi connectivity index (χ2v) is 8.89. The molecule has 0 aliphatic carbocycles. The van der Waals surface area contributed by atoms with Crippen LogP contribution in [-0.4, -0.2) is 59.6 Å². The number of hydrogen-bond donors (Lipinski definition) is 2. The predicted molar refractivity (Wildman–Crippen MR) is 131 cm³/mol. The van der Waals surface area contributed by atoms with Crippen molar-refractivity contribution in [2.45, 2.75) is 44.0 Å². The number of nitrogens with one attached hydrogen (secondary N) is 1. The highest BCUT2D eigenvalue weighted by atomic mass is 19.4. The first-order chi connectivity index (χ1) is 18.4. The van der Waals surface area contributed by atoms with Gasteiger partial charge in [0.1, 0.15) is 17.3 Å². The van der Waals surface area contributed by atoms with Gasteiger partial charge in [-0.1, -0.05) is 18.9 Å². The van der Waals surface area contributed by atoms with Crippen LogP contribution in [0.3, 0.4) is 0 Å². The first-order valence-electron chi connectivity index (χ1n) is 11.7. The molecule has 3 heterocycles. The number of nitrogens with two attached hydrogens (primary N) is 1. The van der Waals surface area contributed by atoms with Crippen molar-refractivity contribution < 1.29 is 41.0 Å². The Kier molecular flexibility index (Phi) is 9.14. The van der Waals surface area contributed by atoms with Crippen molar-refractivity contribution in [1.29, 1.82) is 0 Å². The maximum Gasteiger partial charge on any atom is 0.417 e. The lowest BCUT2D eigenvalue weighted by atomic mass is 9.79. The third-order valence-electron chi connectivity index (χ3n) is 6.65. The zero-order chi connectivity index (χ0) is 29.0. The van der Waals surface area contributed by atoms with Crippen LogP contribution < -0.4 is 10.5 Å². The van der Waals surface area contributed by atoms with Gasteiger partial charge in [0.05, 0.1) is 32.7 Å². The predicted octanol–water partition coefficient (Wildman–Crippen LogP) is 4.24. The van der Waals surface area contributed by atoms with Crippen LogP contribution in [-0.2, 0) is 14.3 Å². The summed E-state index contributed by atoms with van der Waals surface area (Å²) in [7, 11) is 2.44. The summed E-state index contributed by atoms with van der Waals surface area (Å²) in [5, 5.41) is 0. The van der Waals surface area contributed by atoms with E-state index in [1.165, 1.54) is 20.1 Å². The molecule has 0 bridgehead atoms. The summed E-state index contributed by atoms with van der Waals surface area (Å²) < 4.78 is 80.6. The van der Waals surface area contributed by atoms with Gasteiger partial charge >= 0.3 is 12.1 Å². The number of H-pyrrole nitrogens is 1. The second kappa shape index (κ2) is 12.0. The first kappa shape index (κ1) is 29.8. The molecule has 0 saturated carbocycles. The van der Waals surface area contributed by atoms with Crippen LogP contribution in [0.25, 0.3) is 11.0 Å². The van der Waals surface area contributed by atoms with Crippen LogP contribution in [0.5, 0.6) is 5.75 Å². The van der Waals surface area contributed by atoms with E-state index < -0.39 is 47.3 Å². The molecule has 0 radical (unpaired) electrons. The van der Waals surface area contributed by atoms with Gasteiger partial charge in [-0.15, -0.1) is 0 Å². The van der Waals surface area contributed by atoms with Crippen LogP contribution in [0.4, 0.5) is 22.0 Å². The van der Waals surface area contributed by atoms with Gasteiger partial charge in [-0.05, 0) is 25.0 Å². The fraction of sp³-hybridized carbons (Fsp3) is 0.423. The minimum absolute atomic E-state index is 0.178.